The second-order valence-electron chi connectivity index (χ2n) is 5.83. The van der Waals surface area contributed by atoms with E-state index in [0.717, 1.165) is 32.8 Å². The highest BCUT2D eigenvalue weighted by molar-refractivity contribution is 7.18. The first kappa shape index (κ1) is 15.7. The summed E-state index contributed by atoms with van der Waals surface area (Å²) in [7, 11) is 0. The lowest BCUT2D eigenvalue weighted by Crippen LogP contribution is -2.17. The van der Waals surface area contributed by atoms with Crippen LogP contribution in [0.4, 0.5) is 5.69 Å². The van der Waals surface area contributed by atoms with Gasteiger partial charge < -0.3 is 10.3 Å². The van der Waals surface area contributed by atoms with Gasteiger partial charge in [-0.1, -0.05) is 19.1 Å². The number of H-pyrrole nitrogens is 1. The molecule has 0 fully saturated rings. The normalized spacial score (nSPS) is 12.5. The van der Waals surface area contributed by atoms with Crippen molar-refractivity contribution < 1.29 is 0 Å². The number of hydrogen-bond donors (Lipinski definition) is 2. The number of hydrogen-bond acceptors (Lipinski definition) is 4. The van der Waals surface area contributed by atoms with Crippen LogP contribution < -0.4 is 10.9 Å². The highest BCUT2D eigenvalue weighted by Crippen LogP contribution is 2.27. The molecule has 2 N–H and O–H groups in total. The van der Waals surface area contributed by atoms with Gasteiger partial charge in [0, 0.05) is 10.6 Å². The highest BCUT2D eigenvalue weighted by Gasteiger charge is 2.15. The zero-order valence-electron chi connectivity index (χ0n) is 13.9. The van der Waals surface area contributed by atoms with Crippen LogP contribution >= 0.6 is 11.3 Å². The monoisotopic (exact) mass is 327 g/mol. The molecule has 0 amide bonds. The zero-order chi connectivity index (χ0) is 16.6. The summed E-state index contributed by atoms with van der Waals surface area (Å²) in [6, 6.07) is 8.28. The summed E-state index contributed by atoms with van der Waals surface area (Å²) in [5, 5.41) is 4.11. The smallest absolute Gasteiger partial charge is 0.259 e. The van der Waals surface area contributed by atoms with Crippen molar-refractivity contribution in [1.29, 1.82) is 0 Å². The second kappa shape index (κ2) is 6.16. The molecular formula is C18H21N3OS. The molecule has 5 heteroatoms. The Morgan fingerprint density at radius 2 is 1.96 bits per heavy atom. The van der Waals surface area contributed by atoms with Gasteiger partial charge >= 0.3 is 0 Å². The molecule has 0 saturated carbocycles. The number of anilines is 1. The number of aromatic amines is 1. The summed E-state index contributed by atoms with van der Waals surface area (Å²) in [4.78, 5) is 21.9. The van der Waals surface area contributed by atoms with Crippen molar-refractivity contribution in [1.82, 2.24) is 9.97 Å². The number of aromatic nitrogens is 2. The number of fused-ring (bicyclic) bond motifs is 1. The summed E-state index contributed by atoms with van der Waals surface area (Å²) in [6.45, 7) is 8.14. The molecule has 23 heavy (non-hydrogen) atoms. The molecule has 1 atom stereocenters. The Labute approximate surface area is 139 Å². The third-order valence-corrected chi connectivity index (χ3v) is 5.31. The first-order valence-corrected chi connectivity index (χ1v) is 8.66. The van der Waals surface area contributed by atoms with E-state index in [-0.39, 0.29) is 11.6 Å². The van der Waals surface area contributed by atoms with Crippen LogP contribution in [0.5, 0.6) is 0 Å². The van der Waals surface area contributed by atoms with Gasteiger partial charge in [0.05, 0.1) is 11.4 Å². The predicted octanol–water partition coefficient (Wildman–Crippen LogP) is 4.34. The predicted molar refractivity (Wildman–Crippen MR) is 97.6 cm³/mol. The fourth-order valence-corrected chi connectivity index (χ4v) is 3.67. The maximum absolute atomic E-state index is 12.4. The first-order chi connectivity index (χ1) is 11.0. The SMILES string of the molecule is CCc1ccc(N[C@@H](C)c2nc3sc(C)c(C)c3c(=O)[nH]2)cc1. The van der Waals surface area contributed by atoms with E-state index in [0.29, 0.717) is 5.82 Å². The second-order valence-corrected chi connectivity index (χ2v) is 7.03. The van der Waals surface area contributed by atoms with E-state index in [2.05, 4.69) is 46.5 Å². The fourth-order valence-electron chi connectivity index (χ4n) is 2.63. The van der Waals surface area contributed by atoms with Gasteiger partial charge in [-0.25, -0.2) is 4.98 Å². The maximum Gasteiger partial charge on any atom is 0.259 e. The number of benzene rings is 1. The van der Waals surface area contributed by atoms with Crippen LogP contribution in [0.2, 0.25) is 0 Å². The van der Waals surface area contributed by atoms with Crippen LogP contribution in [0.25, 0.3) is 10.2 Å². The Bertz CT molecular complexity index is 893. The summed E-state index contributed by atoms with van der Waals surface area (Å²) in [6.07, 6.45) is 1.03. The Morgan fingerprint density at radius 3 is 2.61 bits per heavy atom. The van der Waals surface area contributed by atoms with Gasteiger partial charge in [0.25, 0.3) is 5.56 Å². The summed E-state index contributed by atoms with van der Waals surface area (Å²) in [5.74, 6) is 0.670. The van der Waals surface area contributed by atoms with Crippen LogP contribution in [-0.2, 0) is 6.42 Å². The quantitative estimate of drug-likeness (QED) is 0.749. The lowest BCUT2D eigenvalue weighted by Gasteiger charge is -2.14. The topological polar surface area (TPSA) is 57.8 Å². The average Bonchev–Trinajstić information content (AvgIpc) is 2.83. The van der Waals surface area contributed by atoms with Crippen molar-refractivity contribution >= 4 is 27.2 Å². The molecule has 4 nitrogen and oxygen atoms in total. The molecule has 0 aliphatic carbocycles. The van der Waals surface area contributed by atoms with Crippen LogP contribution in [0.15, 0.2) is 29.1 Å². The summed E-state index contributed by atoms with van der Waals surface area (Å²) >= 11 is 1.58. The number of nitrogens with zero attached hydrogens (tertiary/aromatic N) is 1. The summed E-state index contributed by atoms with van der Waals surface area (Å²) in [5.41, 5.74) is 3.31. The average molecular weight is 327 g/mol. The number of nitrogens with one attached hydrogen (secondary N) is 2. The van der Waals surface area contributed by atoms with E-state index in [4.69, 9.17) is 0 Å². The minimum Gasteiger partial charge on any atom is -0.375 e. The molecule has 0 radical (unpaired) electrons. The Morgan fingerprint density at radius 1 is 1.26 bits per heavy atom. The van der Waals surface area contributed by atoms with Gasteiger partial charge in [-0.05, 0) is 50.5 Å². The molecule has 2 heterocycles. The minimum absolute atomic E-state index is 0.0539. The maximum atomic E-state index is 12.4. The standard InChI is InChI=1S/C18H21N3OS/c1-5-13-6-8-14(9-7-13)19-11(3)16-20-17(22)15-10(2)12(4)23-18(15)21-16/h6-9,11,19H,5H2,1-4H3,(H,20,21,22)/t11-/m0/s1. The highest BCUT2D eigenvalue weighted by atomic mass is 32.1. The number of thiophene rings is 1. The molecule has 2 aromatic heterocycles. The van der Waals surface area contributed by atoms with Crippen LogP contribution in [0, 0.1) is 13.8 Å². The van der Waals surface area contributed by atoms with Crippen molar-refractivity contribution in [2.75, 3.05) is 5.32 Å². The first-order valence-electron chi connectivity index (χ1n) is 7.85. The van der Waals surface area contributed by atoms with Gasteiger partial charge in [0.2, 0.25) is 0 Å². The van der Waals surface area contributed by atoms with Gasteiger partial charge in [0.1, 0.15) is 10.7 Å². The molecule has 0 aliphatic heterocycles. The molecule has 0 aliphatic rings. The van der Waals surface area contributed by atoms with Crippen LogP contribution in [0.3, 0.4) is 0 Å². The van der Waals surface area contributed by atoms with E-state index in [9.17, 15) is 4.79 Å². The number of rotatable bonds is 4. The molecule has 120 valence electrons. The Balaban J connectivity index is 1.91. The molecule has 3 rings (SSSR count). The van der Waals surface area contributed by atoms with Crippen LogP contribution in [-0.4, -0.2) is 9.97 Å². The van der Waals surface area contributed by atoms with E-state index >= 15 is 0 Å². The lowest BCUT2D eigenvalue weighted by atomic mass is 10.1. The molecular weight excluding hydrogens is 306 g/mol. The van der Waals surface area contributed by atoms with E-state index in [1.165, 1.54) is 5.56 Å². The molecule has 0 bridgehead atoms. The van der Waals surface area contributed by atoms with E-state index < -0.39 is 0 Å². The molecule has 1 aromatic carbocycles. The van der Waals surface area contributed by atoms with Crippen molar-refractivity contribution in [2.45, 2.75) is 40.2 Å². The van der Waals surface area contributed by atoms with Crippen molar-refractivity contribution in [2.24, 2.45) is 0 Å². The zero-order valence-corrected chi connectivity index (χ0v) is 14.7. The van der Waals surface area contributed by atoms with Gasteiger partial charge in [-0.2, -0.15) is 0 Å². The fraction of sp³-hybridized carbons (Fsp3) is 0.333. The Kier molecular flexibility index (Phi) is 4.22. The van der Waals surface area contributed by atoms with Crippen LogP contribution in [0.1, 0.15) is 41.7 Å². The van der Waals surface area contributed by atoms with E-state index in [1.54, 1.807) is 11.3 Å². The molecule has 0 unspecified atom stereocenters. The number of aryl methyl sites for hydroxylation is 3. The minimum atomic E-state index is -0.0673. The largest absolute Gasteiger partial charge is 0.375 e. The Hall–Kier alpha value is -2.14. The third kappa shape index (κ3) is 3.01. The molecule has 3 aromatic rings. The summed E-state index contributed by atoms with van der Waals surface area (Å²) < 4.78 is 0. The lowest BCUT2D eigenvalue weighted by molar-refractivity contribution is 0.792. The van der Waals surface area contributed by atoms with Crippen molar-refractivity contribution in [3.8, 4) is 0 Å². The van der Waals surface area contributed by atoms with Crippen molar-refractivity contribution in [3.63, 3.8) is 0 Å². The van der Waals surface area contributed by atoms with Gasteiger partial charge in [-0.3, -0.25) is 4.79 Å². The molecule has 0 saturated heterocycles. The van der Waals surface area contributed by atoms with Gasteiger partial charge in [0.15, 0.2) is 0 Å². The van der Waals surface area contributed by atoms with E-state index in [1.807, 2.05) is 20.8 Å². The molecule has 0 spiro atoms. The van der Waals surface area contributed by atoms with Crippen molar-refractivity contribution in [3.05, 3.63) is 56.4 Å². The van der Waals surface area contributed by atoms with Gasteiger partial charge in [-0.15, -0.1) is 11.3 Å². The third-order valence-electron chi connectivity index (χ3n) is 4.21.